The molecule has 80 heavy (non-hydrogen) atoms. The molecule has 424 valence electrons. The van der Waals surface area contributed by atoms with Crippen LogP contribution in [0.1, 0.15) is 177 Å². The Morgan fingerprint density at radius 3 is 0.613 bits per heavy atom. The van der Waals surface area contributed by atoms with Crippen LogP contribution in [0.4, 0.5) is 0 Å². The number of unbranched alkanes of at least 4 members (excludes halogenated alkanes) is 8. The van der Waals surface area contributed by atoms with E-state index in [1.165, 1.54) is 48.5 Å². The third-order valence-electron chi connectivity index (χ3n) is 12.9. The van der Waals surface area contributed by atoms with Gasteiger partial charge >= 0.3 is 75.4 Å². The molecule has 24 heteroatoms. The molecule has 1 aliphatic carbocycles. The van der Waals surface area contributed by atoms with Crippen molar-refractivity contribution < 1.29 is 150 Å². The fraction of sp³-hybridized carbons (Fsp3) is 0.571. The Morgan fingerprint density at radius 1 is 0.312 bits per heavy atom. The zero-order valence-corrected chi connectivity index (χ0v) is 53.5. The standard InChI is InChI=1S/C56H84O16P4.4Li/c1-9-17-21-25-65-53-41-29-43-35-50(74(59,60)70-14-6)37-45(54(43)66-26-22-18-10-2)31-47-39-52(76(63,64)72-16-8)40-48(56(47)68-28-24-20-12-4)32-46-38-51(75(61,62)71-15-7)36-44(55(46)67-27-23-19-11-3)30-42(53)34-49(33-41)73(57,58)69-13-5;;;;/h33-40H,9-32H2,1-8H3,(H,57,58)(H,59,60)(H,61,62)(H,63,64);;;;/q;4*+1/p-4. The van der Waals surface area contributed by atoms with Crippen molar-refractivity contribution in [2.45, 2.75) is 158 Å². The molecule has 4 unspecified atom stereocenters. The fourth-order valence-electron chi connectivity index (χ4n) is 9.27. The maximum atomic E-state index is 14.2. The second-order valence-corrected chi connectivity index (χ2v) is 26.0. The second-order valence-electron chi connectivity index (χ2n) is 19.0. The average molecular weight is 1160 g/mol. The van der Waals surface area contributed by atoms with Gasteiger partial charge < -0.3 is 74.9 Å². The van der Waals surface area contributed by atoms with Crippen molar-refractivity contribution in [1.82, 2.24) is 0 Å². The van der Waals surface area contributed by atoms with E-state index < -0.39 is 30.4 Å². The van der Waals surface area contributed by atoms with Gasteiger partial charge in [0.05, 0.1) is 52.9 Å². The van der Waals surface area contributed by atoms with E-state index in [9.17, 15) is 37.8 Å². The Morgan fingerprint density at radius 2 is 0.475 bits per heavy atom. The minimum atomic E-state index is -4.80. The Hall–Kier alpha value is -0.930. The van der Waals surface area contributed by atoms with E-state index >= 15 is 0 Å². The number of hydrogen-bond acceptors (Lipinski definition) is 16. The molecular weight excluding hydrogens is 1080 g/mol. The topological polar surface area (TPSA) is 234 Å². The molecular formula is C56H80Li4O16P4. The molecule has 0 spiro atoms. The summed E-state index contributed by atoms with van der Waals surface area (Å²) < 4.78 is 106. The summed E-state index contributed by atoms with van der Waals surface area (Å²) in [6.07, 6.45) is 8.91. The normalized spacial score (nSPS) is 14.9. The van der Waals surface area contributed by atoms with Crippen molar-refractivity contribution in [2.75, 3.05) is 52.9 Å². The molecule has 0 N–H and O–H groups in total. The van der Waals surface area contributed by atoms with Crippen LogP contribution < -0.4 is 135 Å². The first-order chi connectivity index (χ1) is 36.3. The minimum Gasteiger partial charge on any atom is -0.775 e. The smallest absolute Gasteiger partial charge is 0.775 e. The zero-order valence-electron chi connectivity index (χ0n) is 49.9. The van der Waals surface area contributed by atoms with Crippen LogP contribution in [-0.2, 0) is 62.0 Å². The number of rotatable bonds is 32. The van der Waals surface area contributed by atoms with Gasteiger partial charge in [-0.2, -0.15) is 0 Å². The van der Waals surface area contributed by atoms with Gasteiger partial charge in [-0.05, 0) is 146 Å². The van der Waals surface area contributed by atoms with Crippen LogP contribution in [0.5, 0.6) is 23.0 Å². The molecule has 0 saturated carbocycles. The van der Waals surface area contributed by atoms with Crippen molar-refractivity contribution >= 4 is 51.6 Å². The summed E-state index contributed by atoms with van der Waals surface area (Å²) in [6, 6.07) is 11.8. The van der Waals surface area contributed by atoms with E-state index in [0.717, 1.165) is 51.4 Å². The van der Waals surface area contributed by atoms with E-state index in [-0.39, 0.29) is 175 Å². The van der Waals surface area contributed by atoms with Gasteiger partial charge in [-0.25, -0.2) is 0 Å². The predicted octanol–water partition coefficient (Wildman–Crippen LogP) is -2.48. The Kier molecular flexibility index (Phi) is 36.2. The van der Waals surface area contributed by atoms with Crippen molar-refractivity contribution in [3.63, 3.8) is 0 Å². The van der Waals surface area contributed by atoms with Gasteiger partial charge in [-0.3, -0.25) is 0 Å². The summed E-state index contributed by atoms with van der Waals surface area (Å²) in [5, 5.41) is -0.717. The van der Waals surface area contributed by atoms with E-state index in [4.69, 9.17) is 37.0 Å². The van der Waals surface area contributed by atoms with Gasteiger partial charge in [0, 0.05) is 46.9 Å². The molecule has 0 fully saturated rings. The average Bonchev–Trinajstić information content (AvgIpc) is 3.36. The van der Waals surface area contributed by atoms with E-state index in [1.807, 2.05) is 0 Å². The summed E-state index contributed by atoms with van der Waals surface area (Å²) >= 11 is 0. The summed E-state index contributed by atoms with van der Waals surface area (Å²) in [5.74, 6) is 1.23. The summed E-state index contributed by atoms with van der Waals surface area (Å²) in [7, 11) is -19.2. The molecule has 0 amide bonds. The number of benzene rings is 4. The van der Waals surface area contributed by atoms with Gasteiger partial charge in [-0.1, -0.05) is 79.1 Å². The fourth-order valence-corrected chi connectivity index (χ4v) is 13.7. The number of fused-ring (bicyclic) bond motifs is 8. The van der Waals surface area contributed by atoms with Gasteiger partial charge in [0.1, 0.15) is 23.0 Å². The maximum Gasteiger partial charge on any atom is 1.00 e. The summed E-state index contributed by atoms with van der Waals surface area (Å²) in [6.45, 7) is 14.8. The van der Waals surface area contributed by atoms with Gasteiger partial charge in [0.15, 0.2) is 30.4 Å². The predicted molar refractivity (Wildman–Crippen MR) is 293 cm³/mol. The van der Waals surface area contributed by atoms with Gasteiger partial charge in [-0.15, -0.1) is 0 Å². The number of ether oxygens (including phenoxy) is 4. The van der Waals surface area contributed by atoms with Gasteiger partial charge in [0.2, 0.25) is 0 Å². The summed E-state index contributed by atoms with van der Waals surface area (Å²) in [4.78, 5) is 56.8. The largest absolute Gasteiger partial charge is 1.00 e. The SMILES string of the molecule is CCCCCOc1c2cc(P(=O)([O-])OCC)cc1Cc1cc(P(=O)([O-])OCC)cc(c1OCCCCC)Cc1cc(P(=O)([O-])OCC)cc(c1OCCCCC)Cc1cc(P(=O)([O-])OCC)cc(c1OCCCCC)C2.[Li+].[Li+].[Li+].[Li+]. The molecule has 1 aliphatic rings. The first-order valence-corrected chi connectivity index (χ1v) is 33.5. The third-order valence-corrected chi connectivity index (χ3v) is 18.8. The van der Waals surface area contributed by atoms with Gasteiger partial charge in [0.25, 0.3) is 0 Å². The maximum absolute atomic E-state index is 14.2. The minimum absolute atomic E-state index is 0. The Labute approximate surface area is 524 Å². The third kappa shape index (κ3) is 21.8. The number of hydrogen-bond donors (Lipinski definition) is 0. The van der Waals surface area contributed by atoms with E-state index in [1.54, 1.807) is 27.7 Å². The molecule has 16 nitrogen and oxygen atoms in total. The van der Waals surface area contributed by atoms with Crippen molar-refractivity contribution in [3.8, 4) is 23.0 Å². The van der Waals surface area contributed by atoms with E-state index in [0.29, 0.717) is 93.2 Å². The molecule has 4 atom stereocenters. The molecule has 0 saturated heterocycles. The molecule has 0 heterocycles. The Balaban J connectivity index is 0.00000800. The zero-order chi connectivity index (χ0) is 55.5. The van der Waals surface area contributed by atoms with Crippen LogP contribution in [0, 0.1) is 0 Å². The van der Waals surface area contributed by atoms with Crippen LogP contribution in [0.15, 0.2) is 48.5 Å². The van der Waals surface area contributed by atoms with E-state index in [2.05, 4.69) is 27.7 Å². The van der Waals surface area contributed by atoms with Crippen molar-refractivity contribution in [1.29, 1.82) is 0 Å². The van der Waals surface area contributed by atoms with Crippen molar-refractivity contribution in [3.05, 3.63) is 93.0 Å². The monoisotopic (exact) mass is 1160 g/mol. The molecule has 5 rings (SSSR count). The molecule has 0 aromatic heterocycles. The van der Waals surface area contributed by atoms with Crippen LogP contribution in [0.25, 0.3) is 0 Å². The van der Waals surface area contributed by atoms with Crippen molar-refractivity contribution in [2.24, 2.45) is 0 Å². The summed E-state index contributed by atoms with van der Waals surface area (Å²) in [5.41, 5.74) is 2.81. The molecule has 4 aromatic rings. The molecule has 8 bridgehead atoms. The molecule has 0 radical (unpaired) electrons. The quantitative estimate of drug-likeness (QED) is 0.0246. The van der Waals surface area contributed by atoms with Crippen LogP contribution in [-0.4, -0.2) is 52.9 Å². The first-order valence-electron chi connectivity index (χ1n) is 27.3. The van der Waals surface area contributed by atoms with Crippen LogP contribution in [0.2, 0.25) is 0 Å². The van der Waals surface area contributed by atoms with Crippen LogP contribution >= 0.6 is 30.4 Å². The Bertz CT molecular complexity index is 2290. The van der Waals surface area contributed by atoms with Crippen LogP contribution in [0.3, 0.4) is 0 Å². The molecule has 4 aromatic carbocycles. The first kappa shape index (κ1) is 77.1. The molecule has 0 aliphatic heterocycles. The second kappa shape index (κ2) is 37.6.